The summed E-state index contributed by atoms with van der Waals surface area (Å²) in [7, 11) is 0. The topological polar surface area (TPSA) is 90.7 Å². The third-order valence-corrected chi connectivity index (χ3v) is 4.50. The summed E-state index contributed by atoms with van der Waals surface area (Å²) in [5.74, 6) is 1.15. The maximum Gasteiger partial charge on any atom is 0.220 e. The van der Waals surface area contributed by atoms with Crippen molar-refractivity contribution < 1.29 is 4.79 Å². The number of amides is 1. The summed E-state index contributed by atoms with van der Waals surface area (Å²) in [6.07, 6.45) is 6.79. The molecular formula is C17H25N5O. The van der Waals surface area contributed by atoms with Crippen LogP contribution < -0.4 is 10.6 Å². The lowest BCUT2D eigenvalue weighted by Gasteiger charge is -2.20. The number of nitriles is 1. The first-order valence-electron chi connectivity index (χ1n) is 8.36. The zero-order valence-corrected chi connectivity index (χ0v) is 14.0. The second-order valence-corrected chi connectivity index (χ2v) is 6.23. The Kier molecular flexibility index (Phi) is 6.33. The van der Waals surface area contributed by atoms with Crippen LogP contribution in [0.25, 0.3) is 0 Å². The van der Waals surface area contributed by atoms with Gasteiger partial charge in [0.1, 0.15) is 11.6 Å². The van der Waals surface area contributed by atoms with Crippen molar-refractivity contribution in [2.24, 2.45) is 5.92 Å². The van der Waals surface area contributed by atoms with Crippen molar-refractivity contribution in [2.45, 2.75) is 52.4 Å². The van der Waals surface area contributed by atoms with E-state index < -0.39 is 0 Å². The molecule has 0 bridgehead atoms. The molecule has 0 unspecified atom stereocenters. The molecule has 0 radical (unpaired) electrons. The van der Waals surface area contributed by atoms with E-state index in [0.717, 1.165) is 11.3 Å². The number of carbonyl (C=O) groups is 1. The summed E-state index contributed by atoms with van der Waals surface area (Å²) in [5.41, 5.74) is 2.12. The third-order valence-electron chi connectivity index (χ3n) is 4.50. The first-order chi connectivity index (χ1) is 11.1. The monoisotopic (exact) mass is 315 g/mol. The summed E-state index contributed by atoms with van der Waals surface area (Å²) in [4.78, 5) is 11.9. The van der Waals surface area contributed by atoms with Crippen molar-refractivity contribution in [3.63, 3.8) is 0 Å². The van der Waals surface area contributed by atoms with Gasteiger partial charge in [0.05, 0.1) is 5.69 Å². The van der Waals surface area contributed by atoms with Crippen LogP contribution in [-0.4, -0.2) is 29.2 Å². The van der Waals surface area contributed by atoms with Crippen LogP contribution in [0.15, 0.2) is 0 Å². The number of nitrogens with zero attached hydrogens (tertiary/aromatic N) is 3. The molecule has 1 aromatic heterocycles. The number of hydrogen-bond acceptors (Lipinski definition) is 5. The van der Waals surface area contributed by atoms with E-state index >= 15 is 0 Å². The van der Waals surface area contributed by atoms with Gasteiger partial charge in [0.2, 0.25) is 5.91 Å². The normalized spacial score (nSPS) is 15.0. The smallest absolute Gasteiger partial charge is 0.220 e. The molecule has 1 heterocycles. The van der Waals surface area contributed by atoms with Crippen LogP contribution in [0.2, 0.25) is 0 Å². The predicted molar refractivity (Wildman–Crippen MR) is 88.9 cm³/mol. The van der Waals surface area contributed by atoms with E-state index in [9.17, 15) is 10.1 Å². The fourth-order valence-corrected chi connectivity index (χ4v) is 2.98. The molecule has 0 saturated heterocycles. The molecule has 23 heavy (non-hydrogen) atoms. The quantitative estimate of drug-likeness (QED) is 0.787. The zero-order chi connectivity index (χ0) is 16.7. The molecule has 1 fully saturated rings. The molecule has 2 N–H and O–H groups in total. The van der Waals surface area contributed by atoms with Crippen LogP contribution in [0.3, 0.4) is 0 Å². The van der Waals surface area contributed by atoms with Gasteiger partial charge in [-0.2, -0.15) is 10.4 Å². The van der Waals surface area contributed by atoms with E-state index in [0.29, 0.717) is 36.8 Å². The highest BCUT2D eigenvalue weighted by Gasteiger charge is 2.16. The van der Waals surface area contributed by atoms with Crippen LogP contribution in [0.1, 0.15) is 55.3 Å². The molecule has 6 nitrogen and oxygen atoms in total. The molecule has 124 valence electrons. The lowest BCUT2D eigenvalue weighted by atomic mass is 9.87. The van der Waals surface area contributed by atoms with Gasteiger partial charge in [0.25, 0.3) is 0 Å². The first kappa shape index (κ1) is 17.2. The third kappa shape index (κ3) is 4.92. The molecule has 0 spiro atoms. The largest absolute Gasteiger partial charge is 0.366 e. The number of hydrogen-bond donors (Lipinski definition) is 2. The molecule has 1 aliphatic rings. The minimum absolute atomic E-state index is 0.116. The molecular weight excluding hydrogens is 290 g/mol. The summed E-state index contributed by atoms with van der Waals surface area (Å²) in [6, 6.07) is 2.16. The van der Waals surface area contributed by atoms with Crippen molar-refractivity contribution >= 4 is 11.7 Å². The van der Waals surface area contributed by atoms with E-state index in [4.69, 9.17) is 0 Å². The summed E-state index contributed by atoms with van der Waals surface area (Å²) in [5, 5.41) is 23.3. The van der Waals surface area contributed by atoms with Gasteiger partial charge in [-0.25, -0.2) is 0 Å². The van der Waals surface area contributed by atoms with Crippen LogP contribution in [0, 0.1) is 31.1 Å². The van der Waals surface area contributed by atoms with E-state index in [1.807, 2.05) is 13.8 Å². The Labute approximate surface area is 137 Å². The van der Waals surface area contributed by atoms with Crippen molar-refractivity contribution in [3.8, 4) is 6.07 Å². The van der Waals surface area contributed by atoms with Crippen LogP contribution in [-0.2, 0) is 4.79 Å². The Balaban J connectivity index is 1.74. The van der Waals surface area contributed by atoms with Crippen LogP contribution >= 0.6 is 0 Å². The Morgan fingerprint density at radius 3 is 2.65 bits per heavy atom. The predicted octanol–water partition coefficient (Wildman–Crippen LogP) is 2.46. The fraction of sp³-hybridized carbons (Fsp3) is 0.647. The van der Waals surface area contributed by atoms with E-state index in [-0.39, 0.29) is 5.91 Å². The average molecular weight is 315 g/mol. The number of rotatable bonds is 6. The minimum atomic E-state index is 0.116. The van der Waals surface area contributed by atoms with Gasteiger partial charge in [-0.15, -0.1) is 5.10 Å². The van der Waals surface area contributed by atoms with Gasteiger partial charge in [0.15, 0.2) is 5.82 Å². The maximum absolute atomic E-state index is 11.9. The second-order valence-electron chi connectivity index (χ2n) is 6.23. The Morgan fingerprint density at radius 2 is 1.96 bits per heavy atom. The number of carbonyl (C=O) groups excluding carboxylic acids is 1. The summed E-state index contributed by atoms with van der Waals surface area (Å²) >= 11 is 0. The molecule has 1 aromatic rings. The molecule has 0 aliphatic heterocycles. The molecule has 6 heteroatoms. The lowest BCUT2D eigenvalue weighted by molar-refractivity contribution is -0.122. The van der Waals surface area contributed by atoms with E-state index in [1.54, 1.807) is 0 Å². The van der Waals surface area contributed by atoms with E-state index in [2.05, 4.69) is 26.9 Å². The Morgan fingerprint density at radius 1 is 1.22 bits per heavy atom. The maximum atomic E-state index is 11.9. The highest BCUT2D eigenvalue weighted by Crippen LogP contribution is 2.26. The molecule has 0 aromatic carbocycles. The van der Waals surface area contributed by atoms with Crippen molar-refractivity contribution in [3.05, 3.63) is 16.8 Å². The van der Waals surface area contributed by atoms with Crippen molar-refractivity contribution in [2.75, 3.05) is 18.4 Å². The Hall–Kier alpha value is -2.16. The zero-order valence-electron chi connectivity index (χ0n) is 14.0. The Bertz CT molecular complexity index is 587. The van der Waals surface area contributed by atoms with Crippen LogP contribution in [0.5, 0.6) is 0 Å². The number of anilines is 1. The van der Waals surface area contributed by atoms with Gasteiger partial charge < -0.3 is 10.6 Å². The summed E-state index contributed by atoms with van der Waals surface area (Å²) < 4.78 is 0. The number of nitrogens with one attached hydrogen (secondary N) is 2. The second kappa shape index (κ2) is 8.47. The van der Waals surface area contributed by atoms with Crippen LogP contribution in [0.4, 0.5) is 5.82 Å². The molecule has 0 atom stereocenters. The lowest BCUT2D eigenvalue weighted by Crippen LogP contribution is -2.30. The molecule has 1 aliphatic carbocycles. The standard InChI is InChI=1S/C17H25N5O/c1-12-13(2)21-22-17(15(12)11-18)20-9-8-19-16(23)10-14-6-4-3-5-7-14/h14H,3-10H2,1-2H3,(H,19,23)(H,20,22). The van der Waals surface area contributed by atoms with Crippen molar-refractivity contribution in [1.29, 1.82) is 5.26 Å². The van der Waals surface area contributed by atoms with Gasteiger partial charge in [-0.05, 0) is 38.2 Å². The summed E-state index contributed by atoms with van der Waals surface area (Å²) in [6.45, 7) is 4.74. The SMILES string of the molecule is Cc1nnc(NCCNC(=O)CC2CCCCC2)c(C#N)c1C. The first-order valence-corrected chi connectivity index (χ1v) is 8.36. The highest BCUT2D eigenvalue weighted by molar-refractivity contribution is 5.76. The van der Waals surface area contributed by atoms with Gasteiger partial charge in [0, 0.05) is 19.5 Å². The van der Waals surface area contributed by atoms with Gasteiger partial charge in [-0.3, -0.25) is 4.79 Å². The van der Waals surface area contributed by atoms with Crippen molar-refractivity contribution in [1.82, 2.24) is 15.5 Å². The number of aromatic nitrogens is 2. The molecule has 2 rings (SSSR count). The highest BCUT2D eigenvalue weighted by atomic mass is 16.1. The number of aryl methyl sites for hydroxylation is 1. The molecule has 1 saturated carbocycles. The average Bonchev–Trinajstić information content (AvgIpc) is 2.56. The fourth-order valence-electron chi connectivity index (χ4n) is 2.98. The molecule has 1 amide bonds. The minimum Gasteiger partial charge on any atom is -0.366 e. The van der Waals surface area contributed by atoms with Gasteiger partial charge in [-0.1, -0.05) is 19.3 Å². The van der Waals surface area contributed by atoms with Gasteiger partial charge >= 0.3 is 0 Å². The van der Waals surface area contributed by atoms with E-state index in [1.165, 1.54) is 32.1 Å².